The fourth-order valence-electron chi connectivity index (χ4n) is 4.34. The molecule has 2 aromatic heterocycles. The summed E-state index contributed by atoms with van der Waals surface area (Å²) in [5, 5.41) is 12.0. The highest BCUT2D eigenvalue weighted by molar-refractivity contribution is 7.90. The highest BCUT2D eigenvalue weighted by Crippen LogP contribution is 2.45. The molecule has 0 spiro atoms. The topological polar surface area (TPSA) is 100 Å². The Morgan fingerprint density at radius 1 is 1.17 bits per heavy atom. The van der Waals surface area contributed by atoms with Crippen molar-refractivity contribution in [2.45, 2.75) is 67.1 Å². The first-order chi connectivity index (χ1) is 16.5. The Bertz CT molecular complexity index is 1400. The highest BCUT2D eigenvalue weighted by Gasteiger charge is 2.56. The fourth-order valence-corrected chi connectivity index (χ4v) is 6.57. The molecule has 0 aliphatic carbocycles. The summed E-state index contributed by atoms with van der Waals surface area (Å²) in [6, 6.07) is 6.96. The van der Waals surface area contributed by atoms with Crippen LogP contribution in [0.5, 0.6) is 0 Å². The van der Waals surface area contributed by atoms with Crippen molar-refractivity contribution in [3.8, 4) is 0 Å². The van der Waals surface area contributed by atoms with Crippen LogP contribution in [0.25, 0.3) is 10.9 Å². The third-order valence-electron chi connectivity index (χ3n) is 5.97. The predicted octanol–water partition coefficient (Wildman–Crippen LogP) is 5.34. The van der Waals surface area contributed by atoms with E-state index in [1.165, 1.54) is 44.3 Å². The molecule has 2 heterocycles. The van der Waals surface area contributed by atoms with Crippen molar-refractivity contribution in [3.63, 3.8) is 0 Å². The zero-order chi connectivity index (χ0) is 27.1. The third-order valence-corrected chi connectivity index (χ3v) is 8.83. The van der Waals surface area contributed by atoms with Gasteiger partial charge in [-0.3, -0.25) is 4.21 Å². The highest BCUT2D eigenvalue weighted by atomic mass is 35.5. The minimum absolute atomic E-state index is 0.0871. The maximum absolute atomic E-state index is 14.3. The zero-order valence-corrected chi connectivity index (χ0v) is 22.6. The molecule has 198 valence electrons. The van der Waals surface area contributed by atoms with E-state index in [-0.39, 0.29) is 21.2 Å². The molecule has 36 heavy (non-hydrogen) atoms. The molecule has 0 aliphatic heterocycles. The molecule has 12 heteroatoms. The first-order valence-electron chi connectivity index (χ1n) is 11.1. The van der Waals surface area contributed by atoms with Crippen molar-refractivity contribution < 1.29 is 30.9 Å². The number of rotatable bonds is 9. The van der Waals surface area contributed by atoms with Crippen LogP contribution in [0.3, 0.4) is 0 Å². The number of sulfone groups is 1. The number of aromatic amines is 1. The molecule has 0 radical (unpaired) electrons. The Morgan fingerprint density at radius 2 is 1.83 bits per heavy atom. The maximum atomic E-state index is 14.3. The average Bonchev–Trinajstić information content (AvgIpc) is 3.12. The Kier molecular flexibility index (Phi) is 8.01. The van der Waals surface area contributed by atoms with E-state index in [0.29, 0.717) is 28.1 Å². The number of hydrogen-bond acceptors (Lipinski definition) is 5. The molecule has 2 atom stereocenters. The van der Waals surface area contributed by atoms with E-state index in [1.807, 2.05) is 6.92 Å². The van der Waals surface area contributed by atoms with Crippen molar-refractivity contribution in [3.05, 3.63) is 52.8 Å². The Labute approximate surface area is 215 Å². The van der Waals surface area contributed by atoms with Crippen LogP contribution < -0.4 is 0 Å². The van der Waals surface area contributed by atoms with Gasteiger partial charge in [-0.25, -0.2) is 13.4 Å². The summed E-state index contributed by atoms with van der Waals surface area (Å²) in [7, 11) is -5.10. The number of hydrogen-bond donors (Lipinski definition) is 2. The van der Waals surface area contributed by atoms with Crippen molar-refractivity contribution in [2.75, 3.05) is 12.0 Å². The van der Waals surface area contributed by atoms with E-state index in [9.17, 15) is 30.9 Å². The van der Waals surface area contributed by atoms with Crippen LogP contribution in [0.1, 0.15) is 44.9 Å². The van der Waals surface area contributed by atoms with Gasteiger partial charge in [-0.1, -0.05) is 32.4 Å². The van der Waals surface area contributed by atoms with Crippen LogP contribution in [-0.2, 0) is 32.5 Å². The first kappa shape index (κ1) is 28.6. The van der Waals surface area contributed by atoms with E-state index in [4.69, 9.17) is 11.6 Å². The van der Waals surface area contributed by atoms with Crippen molar-refractivity contribution in [1.82, 2.24) is 9.97 Å². The molecule has 0 aliphatic rings. The van der Waals surface area contributed by atoms with Gasteiger partial charge in [0.1, 0.15) is 5.03 Å². The molecule has 6 nitrogen and oxygen atoms in total. The fraction of sp³-hybridized carbons (Fsp3) is 0.458. The van der Waals surface area contributed by atoms with E-state index in [2.05, 4.69) is 9.97 Å². The molecule has 0 bridgehead atoms. The van der Waals surface area contributed by atoms with Crippen molar-refractivity contribution in [1.29, 1.82) is 0 Å². The van der Waals surface area contributed by atoms with Crippen LogP contribution in [-0.4, -0.2) is 51.5 Å². The largest absolute Gasteiger partial charge is 0.417 e. The average molecular weight is 565 g/mol. The van der Waals surface area contributed by atoms with Crippen LogP contribution in [0.15, 0.2) is 46.5 Å². The molecule has 3 aromatic rings. The van der Waals surface area contributed by atoms with Gasteiger partial charge < -0.3 is 10.1 Å². The summed E-state index contributed by atoms with van der Waals surface area (Å²) in [6.07, 6.45) is -3.61. The van der Waals surface area contributed by atoms with E-state index < -0.39 is 50.7 Å². The van der Waals surface area contributed by atoms with Gasteiger partial charge in [-0.15, -0.1) is 0 Å². The Morgan fingerprint density at radius 3 is 2.42 bits per heavy atom. The number of benzene rings is 1. The number of fused-ring (bicyclic) bond motifs is 1. The number of H-pyrrole nitrogens is 1. The summed E-state index contributed by atoms with van der Waals surface area (Å²) in [5.74, 6) is 0.414. The van der Waals surface area contributed by atoms with Crippen molar-refractivity contribution >= 4 is 43.1 Å². The molecular formula is C24H28ClF3N2O4S2. The summed E-state index contributed by atoms with van der Waals surface area (Å²) in [6.45, 7) is 4.76. The van der Waals surface area contributed by atoms with E-state index in [0.717, 1.165) is 6.26 Å². The van der Waals surface area contributed by atoms with Gasteiger partial charge in [0.05, 0.1) is 27.4 Å². The van der Waals surface area contributed by atoms with Crippen LogP contribution >= 0.6 is 11.6 Å². The summed E-state index contributed by atoms with van der Waals surface area (Å²) < 4.78 is 79.8. The van der Waals surface area contributed by atoms with Gasteiger partial charge in [0, 0.05) is 34.5 Å². The smallest absolute Gasteiger partial charge is 0.380 e. The number of halogens is 4. The third kappa shape index (κ3) is 6.12. The van der Waals surface area contributed by atoms with Gasteiger partial charge in [0.25, 0.3) is 0 Å². The second kappa shape index (κ2) is 10.1. The van der Waals surface area contributed by atoms with Gasteiger partial charge in [0.2, 0.25) is 0 Å². The molecule has 3 rings (SSSR count). The Balaban J connectivity index is 2.02. The molecule has 2 N–H and O–H groups in total. The zero-order valence-electron chi connectivity index (χ0n) is 20.2. The summed E-state index contributed by atoms with van der Waals surface area (Å²) in [5.41, 5.74) is -3.99. The lowest BCUT2D eigenvalue weighted by Crippen LogP contribution is -2.51. The molecule has 0 amide bonds. The number of aliphatic hydroxyl groups is 1. The van der Waals surface area contributed by atoms with Crippen LogP contribution in [0, 0.1) is 0 Å². The normalized spacial score (nSPS) is 15.7. The number of alkyl halides is 3. The van der Waals surface area contributed by atoms with E-state index >= 15 is 0 Å². The van der Waals surface area contributed by atoms with Crippen LogP contribution in [0.4, 0.5) is 13.2 Å². The second-order valence-electron chi connectivity index (χ2n) is 9.63. The lowest BCUT2D eigenvalue weighted by Gasteiger charge is -2.38. The van der Waals surface area contributed by atoms with Crippen LogP contribution in [0.2, 0.25) is 5.02 Å². The van der Waals surface area contributed by atoms with Gasteiger partial charge >= 0.3 is 6.18 Å². The molecule has 0 fully saturated rings. The van der Waals surface area contributed by atoms with Gasteiger partial charge in [-0.05, 0) is 54.2 Å². The quantitative estimate of drug-likeness (QED) is 0.365. The maximum Gasteiger partial charge on any atom is 0.417 e. The second-order valence-corrected chi connectivity index (χ2v) is 13.6. The molecule has 0 saturated carbocycles. The molecule has 1 aromatic carbocycles. The predicted molar refractivity (Wildman–Crippen MR) is 135 cm³/mol. The lowest BCUT2D eigenvalue weighted by atomic mass is 9.73. The number of pyridine rings is 1. The molecular weight excluding hydrogens is 537 g/mol. The number of nitrogens with zero attached hydrogens (tertiary/aromatic N) is 1. The standard InChI is InChI=1S/C24H28ClF3N2O4S2/c1-5-8-35(32)21-10-15-9-17(30-19(15)13-29-21)12-23(31,24(26,27)28)14-22(2,3)18-11-16(25)6-7-20(18)36(4,33)34/h6-7,9-11,13,30-31H,5,8,12,14H2,1-4H3. The van der Waals surface area contributed by atoms with Gasteiger partial charge in [-0.2, -0.15) is 13.2 Å². The summed E-state index contributed by atoms with van der Waals surface area (Å²) in [4.78, 5) is 6.84. The minimum atomic E-state index is -5.03. The van der Waals surface area contributed by atoms with Crippen molar-refractivity contribution in [2.24, 2.45) is 0 Å². The monoisotopic (exact) mass is 564 g/mol. The minimum Gasteiger partial charge on any atom is -0.380 e. The summed E-state index contributed by atoms with van der Waals surface area (Å²) >= 11 is 6.05. The molecule has 2 unspecified atom stereocenters. The first-order valence-corrected chi connectivity index (χ1v) is 14.7. The SMILES string of the molecule is CCCS(=O)c1cc2cc(CC(O)(CC(C)(C)c3cc(Cl)ccc3S(C)(=O)=O)C(F)(F)F)[nH]c2cn1. The molecule has 0 saturated heterocycles. The van der Waals surface area contributed by atoms with Gasteiger partial charge in [0.15, 0.2) is 15.4 Å². The number of nitrogens with one attached hydrogen (secondary N) is 1. The van der Waals surface area contributed by atoms with E-state index in [1.54, 1.807) is 6.07 Å². The number of aromatic nitrogens is 2. The lowest BCUT2D eigenvalue weighted by molar-refractivity contribution is -0.266. The Hall–Kier alpha value is -1.95.